The summed E-state index contributed by atoms with van der Waals surface area (Å²) >= 11 is 0. The first-order valence-corrected chi connectivity index (χ1v) is 11.4. The second kappa shape index (κ2) is 8.64. The molecule has 0 radical (unpaired) electrons. The molecular formula is C25H20F3N3O6. The summed E-state index contributed by atoms with van der Waals surface area (Å²) in [6, 6.07) is 6.99. The molecule has 0 spiro atoms. The molecular weight excluding hydrogens is 495 g/mol. The highest BCUT2D eigenvalue weighted by Gasteiger charge is 2.38. The summed E-state index contributed by atoms with van der Waals surface area (Å²) in [5.41, 5.74) is -2.10. The minimum absolute atomic E-state index is 0.00567. The molecule has 4 aromatic rings. The van der Waals surface area contributed by atoms with E-state index < -0.39 is 46.3 Å². The summed E-state index contributed by atoms with van der Waals surface area (Å²) in [6.45, 7) is 1.51. The van der Waals surface area contributed by atoms with Crippen LogP contribution in [0.3, 0.4) is 0 Å². The number of fused-ring (bicyclic) bond motifs is 2. The number of rotatable bonds is 4. The van der Waals surface area contributed by atoms with Gasteiger partial charge in [-0.15, -0.1) is 0 Å². The first-order valence-electron chi connectivity index (χ1n) is 11.4. The number of oxazole rings is 1. The van der Waals surface area contributed by atoms with Crippen molar-refractivity contribution < 1.29 is 27.1 Å². The number of ether oxygens (including phenoxy) is 1. The fraction of sp³-hybridized carbons (Fsp3) is 0.280. The molecule has 5 rings (SSSR count). The van der Waals surface area contributed by atoms with Crippen molar-refractivity contribution in [2.75, 3.05) is 6.61 Å². The van der Waals surface area contributed by atoms with Gasteiger partial charge < -0.3 is 9.15 Å². The molecule has 12 heteroatoms. The Labute approximate surface area is 205 Å². The van der Waals surface area contributed by atoms with Crippen LogP contribution in [0, 0.1) is 0 Å². The lowest BCUT2D eigenvalue weighted by Crippen LogP contribution is -2.44. The van der Waals surface area contributed by atoms with Gasteiger partial charge in [0.15, 0.2) is 5.58 Å². The fourth-order valence-electron chi connectivity index (χ4n) is 4.81. The molecule has 0 saturated heterocycles. The van der Waals surface area contributed by atoms with E-state index in [0.29, 0.717) is 5.52 Å². The number of hydrogen-bond donors (Lipinski definition) is 0. The zero-order valence-corrected chi connectivity index (χ0v) is 19.7. The second-order valence-corrected chi connectivity index (χ2v) is 8.60. The third-order valence-corrected chi connectivity index (χ3v) is 6.52. The topological polar surface area (TPSA) is 105 Å². The Morgan fingerprint density at radius 3 is 2.62 bits per heavy atom. The monoisotopic (exact) mass is 515 g/mol. The maximum atomic E-state index is 13.7. The van der Waals surface area contributed by atoms with Gasteiger partial charge >= 0.3 is 23.6 Å². The molecule has 0 bridgehead atoms. The van der Waals surface area contributed by atoms with E-state index in [-0.39, 0.29) is 41.8 Å². The van der Waals surface area contributed by atoms with Gasteiger partial charge in [0.1, 0.15) is 5.56 Å². The van der Waals surface area contributed by atoms with E-state index in [1.54, 1.807) is 6.92 Å². The summed E-state index contributed by atoms with van der Waals surface area (Å²) in [4.78, 5) is 51.7. The number of aromatic nitrogens is 3. The van der Waals surface area contributed by atoms with E-state index >= 15 is 0 Å². The number of carbonyl (C=O) groups is 1. The normalized spacial score (nSPS) is 15.2. The van der Waals surface area contributed by atoms with Crippen LogP contribution < -0.4 is 17.0 Å². The molecule has 0 amide bonds. The Morgan fingerprint density at radius 1 is 1.16 bits per heavy atom. The molecule has 1 aliphatic carbocycles. The average molecular weight is 515 g/mol. The molecule has 2 heterocycles. The van der Waals surface area contributed by atoms with Gasteiger partial charge in [-0.05, 0) is 55.2 Å². The summed E-state index contributed by atoms with van der Waals surface area (Å²) in [5, 5.41) is 0. The molecule has 37 heavy (non-hydrogen) atoms. The molecule has 2 aromatic carbocycles. The van der Waals surface area contributed by atoms with Crippen molar-refractivity contribution in [1.82, 2.24) is 13.7 Å². The Balaban J connectivity index is 1.77. The van der Waals surface area contributed by atoms with Crippen LogP contribution in [0.5, 0.6) is 0 Å². The van der Waals surface area contributed by atoms with Gasteiger partial charge in [-0.2, -0.15) is 13.2 Å². The highest BCUT2D eigenvalue weighted by molar-refractivity contribution is 5.88. The Hall–Kier alpha value is -4.35. The van der Waals surface area contributed by atoms with Crippen LogP contribution in [0.25, 0.3) is 16.8 Å². The van der Waals surface area contributed by atoms with Crippen molar-refractivity contribution in [2.45, 2.75) is 32.0 Å². The number of hydrogen-bond acceptors (Lipinski definition) is 6. The number of halogens is 3. The lowest BCUT2D eigenvalue weighted by Gasteiger charge is -2.19. The van der Waals surface area contributed by atoms with Gasteiger partial charge in [-0.1, -0.05) is 12.1 Å². The van der Waals surface area contributed by atoms with Gasteiger partial charge in [0, 0.05) is 13.2 Å². The fourth-order valence-corrected chi connectivity index (χ4v) is 4.81. The third-order valence-electron chi connectivity index (χ3n) is 6.52. The predicted octanol–water partition coefficient (Wildman–Crippen LogP) is 3.18. The number of benzene rings is 2. The maximum absolute atomic E-state index is 13.7. The van der Waals surface area contributed by atoms with E-state index in [4.69, 9.17) is 9.15 Å². The Morgan fingerprint density at radius 2 is 1.92 bits per heavy atom. The van der Waals surface area contributed by atoms with Crippen molar-refractivity contribution >= 4 is 17.1 Å². The van der Waals surface area contributed by atoms with Crippen molar-refractivity contribution in [2.24, 2.45) is 7.05 Å². The van der Waals surface area contributed by atoms with Crippen LogP contribution >= 0.6 is 0 Å². The molecule has 0 unspecified atom stereocenters. The number of esters is 1. The van der Waals surface area contributed by atoms with Crippen LogP contribution in [-0.4, -0.2) is 26.3 Å². The molecule has 2 aromatic heterocycles. The van der Waals surface area contributed by atoms with Gasteiger partial charge in [0.05, 0.1) is 29.4 Å². The minimum atomic E-state index is -4.60. The Bertz CT molecular complexity index is 1740. The summed E-state index contributed by atoms with van der Waals surface area (Å²) in [7, 11) is 1.47. The maximum Gasteiger partial charge on any atom is 0.419 e. The van der Waals surface area contributed by atoms with E-state index in [1.807, 2.05) is 0 Å². The largest absolute Gasteiger partial charge is 0.462 e. The minimum Gasteiger partial charge on any atom is -0.462 e. The van der Waals surface area contributed by atoms with Crippen LogP contribution in [-0.2, 0) is 24.4 Å². The predicted molar refractivity (Wildman–Crippen MR) is 125 cm³/mol. The van der Waals surface area contributed by atoms with Gasteiger partial charge in [-0.25, -0.2) is 14.4 Å². The lowest BCUT2D eigenvalue weighted by atomic mass is 10.0. The number of alkyl halides is 3. The molecule has 192 valence electrons. The number of carbonyl (C=O) groups excluding carboxylic acids is 1. The van der Waals surface area contributed by atoms with Crippen LogP contribution in [0.2, 0.25) is 0 Å². The number of aryl methyl sites for hydroxylation is 1. The van der Waals surface area contributed by atoms with E-state index in [1.165, 1.54) is 41.9 Å². The van der Waals surface area contributed by atoms with Crippen molar-refractivity contribution in [3.05, 3.63) is 96.2 Å². The lowest BCUT2D eigenvalue weighted by molar-refractivity contribution is -0.138. The van der Waals surface area contributed by atoms with Gasteiger partial charge in [0.25, 0.3) is 5.56 Å². The molecule has 0 fully saturated rings. The number of nitrogens with zero attached hydrogens (tertiary/aromatic N) is 3. The second-order valence-electron chi connectivity index (χ2n) is 8.60. The van der Waals surface area contributed by atoms with Crippen LogP contribution in [0.15, 0.2) is 61.4 Å². The third kappa shape index (κ3) is 3.88. The highest BCUT2D eigenvalue weighted by atomic mass is 19.4. The molecule has 0 aliphatic heterocycles. The van der Waals surface area contributed by atoms with Crippen molar-refractivity contribution in [1.29, 1.82) is 0 Å². The first kappa shape index (κ1) is 24.3. The smallest absolute Gasteiger partial charge is 0.419 e. The molecule has 0 N–H and O–H groups in total. The van der Waals surface area contributed by atoms with E-state index in [9.17, 15) is 32.3 Å². The molecule has 0 saturated carbocycles. The quantitative estimate of drug-likeness (QED) is 0.387. The van der Waals surface area contributed by atoms with E-state index in [0.717, 1.165) is 21.4 Å². The standard InChI is InChI=1S/C25H20F3N3O6/c1-3-36-22(33)16-12-30(13-7-10-20-19(11-13)29(2)24(35)37-20)23(34)31(21(16)32)18-9-8-14-15(18)5-4-6-17(14)25(26,27)28/h4-7,10-12,18H,3,8-9H2,1-2H3/t18-/m1/s1. The molecule has 1 atom stereocenters. The molecule has 1 aliphatic rings. The Kier molecular flexibility index (Phi) is 5.69. The average Bonchev–Trinajstić information content (AvgIpc) is 3.39. The molecule has 9 nitrogen and oxygen atoms in total. The van der Waals surface area contributed by atoms with Crippen LogP contribution in [0.1, 0.15) is 46.4 Å². The zero-order valence-electron chi connectivity index (χ0n) is 19.7. The summed E-state index contributed by atoms with van der Waals surface area (Å²) in [5.74, 6) is -1.60. The summed E-state index contributed by atoms with van der Waals surface area (Å²) < 4.78 is 54.0. The van der Waals surface area contributed by atoms with Crippen LogP contribution in [0.4, 0.5) is 13.2 Å². The zero-order chi connectivity index (χ0) is 26.6. The van der Waals surface area contributed by atoms with Gasteiger partial charge in [-0.3, -0.25) is 18.5 Å². The highest BCUT2D eigenvalue weighted by Crippen LogP contribution is 2.41. The van der Waals surface area contributed by atoms with Crippen molar-refractivity contribution in [3.8, 4) is 5.69 Å². The SMILES string of the molecule is CCOC(=O)c1cn(-c2ccc3oc(=O)n(C)c3c2)c(=O)n([C@@H]2CCc3c2cccc3C(F)(F)F)c1=O. The first-order chi connectivity index (χ1) is 17.5. The van der Waals surface area contributed by atoms with Gasteiger partial charge in [0.2, 0.25) is 0 Å². The van der Waals surface area contributed by atoms with E-state index in [2.05, 4.69) is 0 Å². The van der Waals surface area contributed by atoms with Crippen molar-refractivity contribution in [3.63, 3.8) is 0 Å². The summed E-state index contributed by atoms with van der Waals surface area (Å²) in [6.07, 6.45) is -3.51.